The summed E-state index contributed by atoms with van der Waals surface area (Å²) in [4.78, 5) is 0. The molecule has 0 aliphatic rings. The third-order valence-corrected chi connectivity index (χ3v) is 3.50. The van der Waals surface area contributed by atoms with E-state index in [1.807, 2.05) is 19.9 Å². The molecular weight excluding hydrogens is 212 g/mol. The lowest BCUT2D eigenvalue weighted by molar-refractivity contribution is 0.470. The van der Waals surface area contributed by atoms with Gasteiger partial charge in [0.15, 0.2) is 0 Å². The highest BCUT2D eigenvalue weighted by Crippen LogP contribution is 2.27. The van der Waals surface area contributed by atoms with Gasteiger partial charge in [-0.05, 0) is 17.7 Å². The quantitative estimate of drug-likeness (QED) is 0.857. The fraction of sp³-hybridized carbons (Fsp3) is 0.455. The first-order valence-corrected chi connectivity index (χ1v) is 6.74. The summed E-state index contributed by atoms with van der Waals surface area (Å²) in [6.07, 6.45) is 1.22. The molecule has 1 rings (SSSR count). The molecule has 0 atom stereocenters. The Morgan fingerprint density at radius 1 is 1.33 bits per heavy atom. The Kier molecular flexibility index (Phi) is 3.09. The zero-order valence-electron chi connectivity index (χ0n) is 9.19. The summed E-state index contributed by atoms with van der Waals surface area (Å²) in [5.74, 6) is 0.234. The van der Waals surface area contributed by atoms with E-state index in [-0.39, 0.29) is 11.5 Å². The minimum absolute atomic E-state index is 0.0729. The number of benzene rings is 1. The van der Waals surface area contributed by atoms with Crippen LogP contribution in [0.2, 0.25) is 0 Å². The van der Waals surface area contributed by atoms with Crippen LogP contribution in [-0.2, 0) is 15.3 Å². The van der Waals surface area contributed by atoms with Crippen molar-refractivity contribution >= 4 is 9.84 Å². The first-order valence-electron chi connectivity index (χ1n) is 4.68. The maximum atomic E-state index is 11.2. The van der Waals surface area contributed by atoms with Crippen molar-refractivity contribution < 1.29 is 13.5 Å². The number of hydrogen-bond acceptors (Lipinski definition) is 3. The number of sulfone groups is 1. The summed E-state index contributed by atoms with van der Waals surface area (Å²) < 4.78 is 22.5. The third-order valence-electron chi connectivity index (χ3n) is 2.25. The molecule has 1 N–H and O–H groups in total. The average Bonchev–Trinajstić information content (AvgIpc) is 1.99. The van der Waals surface area contributed by atoms with E-state index in [0.717, 1.165) is 5.56 Å². The smallest absolute Gasteiger partial charge is 0.148 e. The summed E-state index contributed by atoms with van der Waals surface area (Å²) in [6, 6.07) is 6.71. The lowest BCUT2D eigenvalue weighted by atomic mass is 9.87. The van der Waals surface area contributed by atoms with Gasteiger partial charge in [0.05, 0.1) is 5.75 Å². The van der Waals surface area contributed by atoms with E-state index in [4.69, 9.17) is 0 Å². The first kappa shape index (κ1) is 12.0. The maximum absolute atomic E-state index is 11.2. The van der Waals surface area contributed by atoms with E-state index in [1.54, 1.807) is 18.2 Å². The zero-order valence-corrected chi connectivity index (χ0v) is 10.0. The topological polar surface area (TPSA) is 54.4 Å². The van der Waals surface area contributed by atoms with Gasteiger partial charge < -0.3 is 5.11 Å². The predicted molar refractivity (Wildman–Crippen MR) is 60.8 cm³/mol. The van der Waals surface area contributed by atoms with Crippen molar-refractivity contribution in [1.29, 1.82) is 0 Å². The molecule has 0 bridgehead atoms. The second kappa shape index (κ2) is 3.85. The molecule has 3 nitrogen and oxygen atoms in total. The summed E-state index contributed by atoms with van der Waals surface area (Å²) >= 11 is 0. The van der Waals surface area contributed by atoms with Gasteiger partial charge in [0, 0.05) is 11.7 Å². The van der Waals surface area contributed by atoms with E-state index >= 15 is 0 Å². The van der Waals surface area contributed by atoms with Crippen molar-refractivity contribution in [2.45, 2.75) is 19.3 Å². The third kappa shape index (κ3) is 3.55. The number of aromatic hydroxyl groups is 1. The second-order valence-corrected chi connectivity index (χ2v) is 6.64. The lowest BCUT2D eigenvalue weighted by Gasteiger charge is -2.24. The molecule has 0 radical (unpaired) electrons. The van der Waals surface area contributed by atoms with E-state index in [1.165, 1.54) is 6.26 Å². The molecule has 0 aliphatic carbocycles. The Hall–Kier alpha value is -1.03. The number of phenols is 1. The van der Waals surface area contributed by atoms with Gasteiger partial charge >= 0.3 is 0 Å². The molecule has 0 fully saturated rings. The van der Waals surface area contributed by atoms with Crippen molar-refractivity contribution in [3.63, 3.8) is 0 Å². The van der Waals surface area contributed by atoms with Crippen LogP contribution in [-0.4, -0.2) is 25.5 Å². The van der Waals surface area contributed by atoms with E-state index in [2.05, 4.69) is 0 Å². The number of hydrogen-bond donors (Lipinski definition) is 1. The highest BCUT2D eigenvalue weighted by atomic mass is 32.2. The Morgan fingerprint density at radius 2 is 1.93 bits per heavy atom. The largest absolute Gasteiger partial charge is 0.508 e. The van der Waals surface area contributed by atoms with Crippen LogP contribution in [0.3, 0.4) is 0 Å². The molecule has 84 valence electrons. The van der Waals surface area contributed by atoms with Crippen LogP contribution in [0.15, 0.2) is 24.3 Å². The normalized spacial score (nSPS) is 12.7. The number of rotatable bonds is 3. The molecule has 4 heteroatoms. The van der Waals surface area contributed by atoms with Crippen molar-refractivity contribution in [3.05, 3.63) is 29.8 Å². The molecule has 0 heterocycles. The molecule has 0 aromatic heterocycles. The predicted octanol–water partition coefficient (Wildman–Crippen LogP) is 1.71. The van der Waals surface area contributed by atoms with Crippen LogP contribution in [0.4, 0.5) is 0 Å². The van der Waals surface area contributed by atoms with E-state index < -0.39 is 15.3 Å². The van der Waals surface area contributed by atoms with Crippen LogP contribution < -0.4 is 0 Å². The van der Waals surface area contributed by atoms with Crippen molar-refractivity contribution in [2.24, 2.45) is 0 Å². The van der Waals surface area contributed by atoms with Crippen LogP contribution in [0.25, 0.3) is 0 Å². The molecule has 15 heavy (non-hydrogen) atoms. The van der Waals surface area contributed by atoms with Crippen LogP contribution >= 0.6 is 0 Å². The van der Waals surface area contributed by atoms with E-state index in [9.17, 15) is 13.5 Å². The highest BCUT2D eigenvalue weighted by molar-refractivity contribution is 7.90. The Morgan fingerprint density at radius 3 is 2.40 bits per heavy atom. The van der Waals surface area contributed by atoms with Gasteiger partial charge in [-0.15, -0.1) is 0 Å². The molecule has 0 amide bonds. The standard InChI is InChI=1S/C11H16O3S/c1-11(2,8-15(3,13)14)9-5-4-6-10(12)7-9/h4-7,12H,8H2,1-3H3. The highest BCUT2D eigenvalue weighted by Gasteiger charge is 2.25. The van der Waals surface area contributed by atoms with Crippen LogP contribution in [0, 0.1) is 0 Å². The average molecular weight is 228 g/mol. The van der Waals surface area contributed by atoms with Gasteiger partial charge in [-0.3, -0.25) is 0 Å². The maximum Gasteiger partial charge on any atom is 0.148 e. The summed E-state index contributed by atoms with van der Waals surface area (Å²) in [6.45, 7) is 3.70. The fourth-order valence-electron chi connectivity index (χ4n) is 1.67. The SMILES string of the molecule is CC(C)(CS(C)(=O)=O)c1cccc(O)c1. The van der Waals surface area contributed by atoms with Gasteiger partial charge in [-0.1, -0.05) is 26.0 Å². The molecule has 0 unspecified atom stereocenters. The molecule has 0 spiro atoms. The lowest BCUT2D eigenvalue weighted by Crippen LogP contribution is -2.27. The Balaban J connectivity index is 3.06. The fourth-order valence-corrected chi connectivity index (χ4v) is 3.14. The van der Waals surface area contributed by atoms with Crippen LogP contribution in [0.1, 0.15) is 19.4 Å². The summed E-state index contributed by atoms with van der Waals surface area (Å²) in [5, 5.41) is 9.33. The molecule has 0 aliphatic heterocycles. The first-order chi connectivity index (χ1) is 6.71. The van der Waals surface area contributed by atoms with Crippen LogP contribution in [0.5, 0.6) is 5.75 Å². The minimum atomic E-state index is -3.02. The minimum Gasteiger partial charge on any atom is -0.508 e. The summed E-state index contributed by atoms with van der Waals surface area (Å²) in [7, 11) is -3.02. The monoisotopic (exact) mass is 228 g/mol. The van der Waals surface area contributed by atoms with E-state index in [0.29, 0.717) is 0 Å². The summed E-state index contributed by atoms with van der Waals surface area (Å²) in [5.41, 5.74) is 0.347. The molecule has 1 aromatic rings. The van der Waals surface area contributed by atoms with Gasteiger partial charge in [0.25, 0.3) is 0 Å². The zero-order chi connectivity index (χ0) is 11.7. The molecule has 1 aromatic carbocycles. The van der Waals surface area contributed by atoms with Gasteiger partial charge in [-0.25, -0.2) is 8.42 Å². The second-order valence-electron chi connectivity index (χ2n) is 4.50. The van der Waals surface area contributed by atoms with Crippen molar-refractivity contribution in [1.82, 2.24) is 0 Å². The number of phenolic OH excluding ortho intramolecular Hbond substituents is 1. The van der Waals surface area contributed by atoms with Gasteiger partial charge in [-0.2, -0.15) is 0 Å². The Labute approximate surface area is 90.7 Å². The van der Waals surface area contributed by atoms with Crippen molar-refractivity contribution in [2.75, 3.05) is 12.0 Å². The Bertz CT molecular complexity index is 447. The molecular formula is C11H16O3S. The van der Waals surface area contributed by atoms with Crippen molar-refractivity contribution in [3.8, 4) is 5.75 Å². The van der Waals surface area contributed by atoms with Gasteiger partial charge in [0.2, 0.25) is 0 Å². The molecule has 0 saturated carbocycles. The molecule has 0 saturated heterocycles. The van der Waals surface area contributed by atoms with Gasteiger partial charge in [0.1, 0.15) is 15.6 Å².